The molecule has 4 nitrogen and oxygen atoms in total. The van der Waals surface area contributed by atoms with E-state index >= 15 is 0 Å². The third kappa shape index (κ3) is 3.81. The number of nitrogens with two attached hydrogens (primary N) is 1. The molecule has 0 saturated carbocycles. The Bertz CT molecular complexity index is 368. The van der Waals surface area contributed by atoms with Crippen molar-refractivity contribution < 1.29 is 14.6 Å². The summed E-state index contributed by atoms with van der Waals surface area (Å²) in [6, 6.07) is 5.96. The lowest BCUT2D eigenvalue weighted by Crippen LogP contribution is -2.41. The van der Waals surface area contributed by atoms with Gasteiger partial charge < -0.3 is 15.6 Å². The zero-order chi connectivity index (χ0) is 12.1. The van der Waals surface area contributed by atoms with Crippen LogP contribution in [0.3, 0.4) is 0 Å². The average Bonchev–Trinajstić information content (AvgIpc) is 2.24. The maximum Gasteiger partial charge on any atom is 0.325 e. The Balaban J connectivity index is 2.49. The van der Waals surface area contributed by atoms with E-state index in [2.05, 4.69) is 0 Å². The Morgan fingerprint density at radius 1 is 1.62 bits per heavy atom. The van der Waals surface area contributed by atoms with E-state index in [4.69, 9.17) is 27.2 Å². The Labute approximate surface area is 99.0 Å². The Morgan fingerprint density at radius 2 is 2.31 bits per heavy atom. The van der Waals surface area contributed by atoms with Gasteiger partial charge >= 0.3 is 5.97 Å². The van der Waals surface area contributed by atoms with Crippen molar-refractivity contribution in [2.45, 2.75) is 25.7 Å². The van der Waals surface area contributed by atoms with Crippen molar-refractivity contribution in [3.8, 4) is 0 Å². The van der Waals surface area contributed by atoms with Gasteiger partial charge in [0.2, 0.25) is 0 Å². The van der Waals surface area contributed by atoms with E-state index in [1.54, 1.807) is 24.3 Å². The molecule has 0 saturated heterocycles. The zero-order valence-electron chi connectivity index (χ0n) is 8.89. The van der Waals surface area contributed by atoms with Gasteiger partial charge in [0.1, 0.15) is 12.6 Å². The molecule has 1 aromatic rings. The van der Waals surface area contributed by atoms with E-state index in [1.807, 2.05) is 0 Å². The molecular formula is C11H14ClNO3. The Morgan fingerprint density at radius 3 is 2.88 bits per heavy atom. The summed E-state index contributed by atoms with van der Waals surface area (Å²) in [6.07, 6.45) is -0.924. The fourth-order valence-electron chi connectivity index (χ4n) is 1.07. The van der Waals surface area contributed by atoms with E-state index in [0.717, 1.165) is 5.56 Å². The number of benzene rings is 1. The molecule has 0 aliphatic rings. The number of halogens is 1. The Kier molecular flexibility index (Phi) is 4.73. The van der Waals surface area contributed by atoms with Crippen molar-refractivity contribution in [1.29, 1.82) is 0 Å². The van der Waals surface area contributed by atoms with Crippen molar-refractivity contribution in [1.82, 2.24) is 0 Å². The molecule has 2 atom stereocenters. The van der Waals surface area contributed by atoms with Gasteiger partial charge in [0.15, 0.2) is 0 Å². The number of carbonyl (C=O) groups is 1. The molecule has 0 aromatic heterocycles. The predicted octanol–water partition coefficient (Wildman–Crippen LogP) is 1.09. The van der Waals surface area contributed by atoms with Crippen LogP contribution in [0.15, 0.2) is 24.3 Å². The van der Waals surface area contributed by atoms with E-state index in [-0.39, 0.29) is 6.61 Å². The lowest BCUT2D eigenvalue weighted by molar-refractivity contribution is -0.149. The summed E-state index contributed by atoms with van der Waals surface area (Å²) in [5, 5.41) is 9.66. The maximum absolute atomic E-state index is 11.3. The van der Waals surface area contributed by atoms with Crippen LogP contribution in [0.25, 0.3) is 0 Å². The lowest BCUT2D eigenvalue weighted by Gasteiger charge is -2.13. The van der Waals surface area contributed by atoms with Gasteiger partial charge in [0.05, 0.1) is 6.10 Å². The summed E-state index contributed by atoms with van der Waals surface area (Å²) >= 11 is 5.77. The van der Waals surface area contributed by atoms with Gasteiger partial charge in [-0.3, -0.25) is 4.79 Å². The molecule has 1 rings (SSSR count). The minimum atomic E-state index is -1.01. The second-order valence-electron chi connectivity index (χ2n) is 3.50. The van der Waals surface area contributed by atoms with Gasteiger partial charge in [-0.2, -0.15) is 0 Å². The first-order valence-corrected chi connectivity index (χ1v) is 5.23. The van der Waals surface area contributed by atoms with Crippen molar-refractivity contribution >= 4 is 17.6 Å². The zero-order valence-corrected chi connectivity index (χ0v) is 9.65. The molecule has 0 bridgehead atoms. The third-order valence-electron chi connectivity index (χ3n) is 2.06. The molecule has 0 amide bonds. The fourth-order valence-corrected chi connectivity index (χ4v) is 1.29. The first kappa shape index (κ1) is 13.0. The molecule has 1 aromatic carbocycles. The first-order valence-electron chi connectivity index (χ1n) is 4.85. The number of hydrogen-bond acceptors (Lipinski definition) is 4. The van der Waals surface area contributed by atoms with Crippen LogP contribution in [0.5, 0.6) is 0 Å². The van der Waals surface area contributed by atoms with E-state index in [9.17, 15) is 4.79 Å². The second-order valence-corrected chi connectivity index (χ2v) is 3.94. The molecule has 2 unspecified atom stereocenters. The quantitative estimate of drug-likeness (QED) is 0.777. The molecule has 88 valence electrons. The molecular weight excluding hydrogens is 230 g/mol. The highest BCUT2D eigenvalue weighted by Crippen LogP contribution is 2.11. The SMILES string of the molecule is CC(O)C(N)C(=O)OCc1cccc(Cl)c1. The number of carbonyl (C=O) groups excluding carboxylic acids is 1. The molecule has 0 aliphatic carbocycles. The minimum Gasteiger partial charge on any atom is -0.460 e. The van der Waals surface area contributed by atoms with Crippen molar-refractivity contribution in [3.63, 3.8) is 0 Å². The van der Waals surface area contributed by atoms with Crippen molar-refractivity contribution in [2.24, 2.45) is 5.73 Å². The minimum absolute atomic E-state index is 0.0970. The van der Waals surface area contributed by atoms with Gasteiger partial charge in [0, 0.05) is 5.02 Å². The number of hydrogen-bond donors (Lipinski definition) is 2. The Hall–Kier alpha value is -1.10. The topological polar surface area (TPSA) is 72.5 Å². The van der Waals surface area contributed by atoms with Gasteiger partial charge in [-0.15, -0.1) is 0 Å². The van der Waals surface area contributed by atoms with E-state index in [0.29, 0.717) is 5.02 Å². The summed E-state index contributed by atoms with van der Waals surface area (Å²) in [5.41, 5.74) is 6.18. The van der Waals surface area contributed by atoms with Crippen LogP contribution in [0.1, 0.15) is 12.5 Å². The number of rotatable bonds is 4. The van der Waals surface area contributed by atoms with Crippen molar-refractivity contribution in [2.75, 3.05) is 0 Å². The summed E-state index contributed by atoms with van der Waals surface area (Å²) in [7, 11) is 0. The summed E-state index contributed by atoms with van der Waals surface area (Å²) < 4.78 is 4.92. The lowest BCUT2D eigenvalue weighted by atomic mass is 10.2. The molecule has 0 radical (unpaired) electrons. The number of ether oxygens (including phenoxy) is 1. The monoisotopic (exact) mass is 243 g/mol. The molecule has 16 heavy (non-hydrogen) atoms. The predicted molar refractivity (Wildman–Crippen MR) is 60.9 cm³/mol. The molecule has 0 fully saturated rings. The third-order valence-corrected chi connectivity index (χ3v) is 2.30. The van der Waals surface area contributed by atoms with Gasteiger partial charge in [-0.05, 0) is 24.6 Å². The standard InChI is InChI=1S/C11H14ClNO3/c1-7(14)10(13)11(15)16-6-8-3-2-4-9(12)5-8/h2-5,7,10,14H,6,13H2,1H3. The van der Waals surface area contributed by atoms with Crippen LogP contribution in [0, 0.1) is 0 Å². The van der Waals surface area contributed by atoms with Crippen LogP contribution in [0.2, 0.25) is 5.02 Å². The van der Waals surface area contributed by atoms with E-state index < -0.39 is 18.1 Å². The van der Waals surface area contributed by atoms with Crippen LogP contribution in [-0.2, 0) is 16.1 Å². The average molecular weight is 244 g/mol. The smallest absolute Gasteiger partial charge is 0.325 e. The molecule has 5 heteroatoms. The highest BCUT2D eigenvalue weighted by atomic mass is 35.5. The number of esters is 1. The first-order chi connectivity index (χ1) is 7.50. The molecule has 0 aliphatic heterocycles. The van der Waals surface area contributed by atoms with E-state index in [1.165, 1.54) is 6.92 Å². The molecule has 0 spiro atoms. The van der Waals surface area contributed by atoms with Gasteiger partial charge in [-0.25, -0.2) is 0 Å². The number of aliphatic hydroxyl groups excluding tert-OH is 1. The maximum atomic E-state index is 11.3. The van der Waals surface area contributed by atoms with Crippen LogP contribution in [-0.4, -0.2) is 23.2 Å². The van der Waals surface area contributed by atoms with Crippen molar-refractivity contribution in [3.05, 3.63) is 34.9 Å². The highest BCUT2D eigenvalue weighted by molar-refractivity contribution is 6.30. The highest BCUT2D eigenvalue weighted by Gasteiger charge is 2.20. The molecule has 3 N–H and O–H groups in total. The van der Waals surface area contributed by atoms with Gasteiger partial charge in [0.25, 0.3) is 0 Å². The van der Waals surface area contributed by atoms with Gasteiger partial charge in [-0.1, -0.05) is 23.7 Å². The summed E-state index contributed by atoms with van der Waals surface area (Å²) in [5.74, 6) is -0.630. The normalized spacial score (nSPS) is 14.2. The fraction of sp³-hybridized carbons (Fsp3) is 0.364. The van der Waals surface area contributed by atoms with Crippen LogP contribution >= 0.6 is 11.6 Å². The van der Waals surface area contributed by atoms with Crippen LogP contribution < -0.4 is 5.73 Å². The largest absolute Gasteiger partial charge is 0.460 e. The molecule has 0 heterocycles. The second kappa shape index (κ2) is 5.84. The number of aliphatic hydroxyl groups is 1. The summed E-state index contributed by atoms with van der Waals surface area (Å²) in [6.45, 7) is 1.53. The summed E-state index contributed by atoms with van der Waals surface area (Å²) in [4.78, 5) is 11.3. The van der Waals surface area contributed by atoms with Crippen LogP contribution in [0.4, 0.5) is 0 Å².